The molecule has 1 atom stereocenters. The van der Waals surface area contributed by atoms with Gasteiger partial charge in [0.1, 0.15) is 5.82 Å². The second-order valence-corrected chi connectivity index (χ2v) is 6.46. The number of piperidine rings is 1. The number of nitrogens with one attached hydrogen (secondary N) is 2. The minimum atomic E-state index is -4.43. The van der Waals surface area contributed by atoms with E-state index in [0.717, 1.165) is 12.1 Å². The highest BCUT2D eigenvalue weighted by Crippen LogP contribution is 2.30. The molecule has 27 heavy (non-hydrogen) atoms. The normalized spacial score (nSPS) is 17.8. The molecule has 0 saturated carbocycles. The summed E-state index contributed by atoms with van der Waals surface area (Å²) in [5.41, 5.74) is -0.369. The van der Waals surface area contributed by atoms with E-state index in [1.54, 1.807) is 18.5 Å². The summed E-state index contributed by atoms with van der Waals surface area (Å²) in [6, 6.07) is 4.89. The third kappa shape index (κ3) is 4.87. The Hall–Kier alpha value is -2.84. The van der Waals surface area contributed by atoms with Crippen LogP contribution in [-0.4, -0.2) is 33.2 Å². The minimum absolute atomic E-state index is 0.0463. The molecule has 0 bridgehead atoms. The summed E-state index contributed by atoms with van der Waals surface area (Å²) in [5.74, 6) is -0.144. The predicted octanol–water partition coefficient (Wildman–Crippen LogP) is 2.48. The number of rotatable bonds is 5. The number of amides is 2. The van der Waals surface area contributed by atoms with Gasteiger partial charge < -0.3 is 15.2 Å². The van der Waals surface area contributed by atoms with Crippen LogP contribution >= 0.6 is 0 Å². The molecule has 0 radical (unpaired) electrons. The Balaban J connectivity index is 1.62. The first-order chi connectivity index (χ1) is 12.8. The maximum absolute atomic E-state index is 12.9. The number of imidazole rings is 1. The summed E-state index contributed by atoms with van der Waals surface area (Å²) in [5, 5.41) is 2.76. The van der Waals surface area contributed by atoms with Crippen LogP contribution in [0.2, 0.25) is 0 Å². The fourth-order valence-electron chi connectivity index (χ4n) is 3.06. The van der Waals surface area contributed by atoms with Crippen LogP contribution in [-0.2, 0) is 28.9 Å². The minimum Gasteiger partial charge on any atom is -0.349 e. The molecule has 2 N–H and O–H groups in total. The van der Waals surface area contributed by atoms with E-state index in [9.17, 15) is 22.8 Å². The van der Waals surface area contributed by atoms with Crippen LogP contribution in [0, 0.1) is 5.92 Å². The van der Waals surface area contributed by atoms with Crippen molar-refractivity contribution in [3.63, 3.8) is 0 Å². The van der Waals surface area contributed by atoms with E-state index in [1.165, 1.54) is 11.0 Å². The maximum Gasteiger partial charge on any atom is 0.416 e. The van der Waals surface area contributed by atoms with Crippen molar-refractivity contribution in [2.45, 2.75) is 32.1 Å². The lowest BCUT2D eigenvalue weighted by Crippen LogP contribution is -2.45. The van der Waals surface area contributed by atoms with E-state index in [0.29, 0.717) is 17.8 Å². The number of benzene rings is 1. The number of alkyl halides is 3. The maximum atomic E-state index is 12.9. The largest absolute Gasteiger partial charge is 0.416 e. The van der Waals surface area contributed by atoms with Crippen LogP contribution in [0.4, 0.5) is 13.2 Å². The lowest BCUT2D eigenvalue weighted by molar-refractivity contribution is -0.139. The molecule has 1 aliphatic heterocycles. The van der Waals surface area contributed by atoms with E-state index in [-0.39, 0.29) is 37.9 Å². The second kappa shape index (κ2) is 7.81. The molecular weight excluding hydrogens is 361 g/mol. The third-order valence-corrected chi connectivity index (χ3v) is 4.48. The molecule has 1 aromatic carbocycles. The molecule has 0 aliphatic carbocycles. The van der Waals surface area contributed by atoms with E-state index in [1.807, 2.05) is 0 Å². The highest BCUT2D eigenvalue weighted by Gasteiger charge is 2.32. The zero-order chi connectivity index (χ0) is 19.4. The molecule has 1 saturated heterocycles. The Morgan fingerprint density at radius 3 is 2.89 bits per heavy atom. The Bertz CT molecular complexity index is 805. The first kappa shape index (κ1) is 18.9. The summed E-state index contributed by atoms with van der Waals surface area (Å²) >= 11 is 0. The number of carbonyl (C=O) groups is 2. The first-order valence-corrected chi connectivity index (χ1v) is 8.53. The predicted molar refractivity (Wildman–Crippen MR) is 90.0 cm³/mol. The summed E-state index contributed by atoms with van der Waals surface area (Å²) in [7, 11) is 0. The van der Waals surface area contributed by atoms with Crippen LogP contribution in [0.1, 0.15) is 29.8 Å². The fourth-order valence-corrected chi connectivity index (χ4v) is 3.06. The van der Waals surface area contributed by atoms with Gasteiger partial charge in [-0.05, 0) is 24.1 Å². The average molecular weight is 380 g/mol. The molecule has 144 valence electrons. The number of carbonyl (C=O) groups excluding carboxylic acids is 2. The standard InChI is InChI=1S/C18H19F3N4O2/c19-18(20,21)14-3-1-2-12(8-14)10-25-11-13(4-5-16(25)26)17(27)24-9-15-22-6-7-23-15/h1-3,6-8,13H,4-5,9-11H2,(H,22,23)(H,24,27). The van der Waals surface area contributed by atoms with Crippen molar-refractivity contribution in [2.24, 2.45) is 5.92 Å². The molecule has 1 aromatic heterocycles. The molecule has 3 rings (SSSR count). The highest BCUT2D eigenvalue weighted by atomic mass is 19.4. The quantitative estimate of drug-likeness (QED) is 0.837. The van der Waals surface area contributed by atoms with Crippen molar-refractivity contribution in [1.82, 2.24) is 20.2 Å². The van der Waals surface area contributed by atoms with E-state index in [4.69, 9.17) is 0 Å². The van der Waals surface area contributed by atoms with Gasteiger partial charge in [-0.2, -0.15) is 13.2 Å². The number of nitrogens with zero attached hydrogens (tertiary/aromatic N) is 2. The van der Waals surface area contributed by atoms with Gasteiger partial charge in [-0.3, -0.25) is 9.59 Å². The number of likely N-dealkylation sites (tertiary alicyclic amines) is 1. The van der Waals surface area contributed by atoms with Gasteiger partial charge in [-0.1, -0.05) is 12.1 Å². The zero-order valence-electron chi connectivity index (χ0n) is 14.4. The fraction of sp³-hybridized carbons (Fsp3) is 0.389. The number of aromatic amines is 1. The van der Waals surface area contributed by atoms with E-state index in [2.05, 4.69) is 15.3 Å². The van der Waals surface area contributed by atoms with Gasteiger partial charge in [0.05, 0.1) is 18.0 Å². The van der Waals surface area contributed by atoms with Crippen molar-refractivity contribution in [3.05, 3.63) is 53.6 Å². The topological polar surface area (TPSA) is 78.1 Å². The Labute approximate surface area is 153 Å². The molecule has 2 heterocycles. The van der Waals surface area contributed by atoms with E-state index >= 15 is 0 Å². The van der Waals surface area contributed by atoms with Crippen LogP contribution in [0.15, 0.2) is 36.7 Å². The summed E-state index contributed by atoms with van der Waals surface area (Å²) in [6.45, 7) is 0.480. The van der Waals surface area contributed by atoms with Gasteiger partial charge in [0.15, 0.2) is 0 Å². The molecule has 2 amide bonds. The number of H-pyrrole nitrogens is 1. The van der Waals surface area contributed by atoms with Crippen molar-refractivity contribution < 1.29 is 22.8 Å². The van der Waals surface area contributed by atoms with E-state index < -0.39 is 17.7 Å². The SMILES string of the molecule is O=C(NCc1ncc[nH]1)C1CCC(=O)N(Cc2cccc(C(F)(F)F)c2)C1. The number of hydrogen-bond acceptors (Lipinski definition) is 3. The molecular formula is C18H19F3N4O2. The third-order valence-electron chi connectivity index (χ3n) is 4.48. The van der Waals surface area contributed by atoms with Gasteiger partial charge in [-0.15, -0.1) is 0 Å². The second-order valence-electron chi connectivity index (χ2n) is 6.46. The summed E-state index contributed by atoms with van der Waals surface area (Å²) in [4.78, 5) is 32.8. The van der Waals surface area contributed by atoms with Crippen LogP contribution in [0.5, 0.6) is 0 Å². The zero-order valence-corrected chi connectivity index (χ0v) is 14.4. The molecule has 1 fully saturated rings. The number of halogens is 3. The van der Waals surface area contributed by atoms with Crippen LogP contribution in [0.3, 0.4) is 0 Å². The molecule has 2 aromatic rings. The summed E-state index contributed by atoms with van der Waals surface area (Å²) in [6.07, 6.45) is -0.592. The molecule has 9 heteroatoms. The molecule has 0 spiro atoms. The number of aromatic nitrogens is 2. The van der Waals surface area contributed by atoms with Gasteiger partial charge in [0.2, 0.25) is 11.8 Å². The van der Waals surface area contributed by atoms with Crippen molar-refractivity contribution in [2.75, 3.05) is 6.54 Å². The Morgan fingerprint density at radius 1 is 1.37 bits per heavy atom. The smallest absolute Gasteiger partial charge is 0.349 e. The van der Waals surface area contributed by atoms with Crippen molar-refractivity contribution in [1.29, 1.82) is 0 Å². The highest BCUT2D eigenvalue weighted by molar-refractivity contribution is 5.83. The van der Waals surface area contributed by atoms with Gasteiger partial charge >= 0.3 is 6.18 Å². The van der Waals surface area contributed by atoms with Crippen molar-refractivity contribution >= 4 is 11.8 Å². The van der Waals surface area contributed by atoms with Gasteiger partial charge in [-0.25, -0.2) is 4.98 Å². The van der Waals surface area contributed by atoms with Gasteiger partial charge in [0, 0.05) is 31.9 Å². The van der Waals surface area contributed by atoms with Gasteiger partial charge in [0.25, 0.3) is 0 Å². The average Bonchev–Trinajstić information content (AvgIpc) is 3.14. The summed E-state index contributed by atoms with van der Waals surface area (Å²) < 4.78 is 38.6. The number of hydrogen-bond donors (Lipinski definition) is 2. The first-order valence-electron chi connectivity index (χ1n) is 8.53. The van der Waals surface area contributed by atoms with Crippen molar-refractivity contribution in [3.8, 4) is 0 Å². The lowest BCUT2D eigenvalue weighted by Gasteiger charge is -2.32. The monoisotopic (exact) mass is 380 g/mol. The Kier molecular flexibility index (Phi) is 5.48. The van der Waals surface area contributed by atoms with Crippen LogP contribution in [0.25, 0.3) is 0 Å². The molecule has 1 aliphatic rings. The molecule has 6 nitrogen and oxygen atoms in total. The molecule has 1 unspecified atom stereocenters. The lowest BCUT2D eigenvalue weighted by atomic mass is 9.96. The Morgan fingerprint density at radius 2 is 2.19 bits per heavy atom. The van der Waals surface area contributed by atoms with Crippen LogP contribution < -0.4 is 5.32 Å².